The lowest BCUT2D eigenvalue weighted by molar-refractivity contribution is 0.311. The molecule has 7 heteroatoms. The summed E-state index contributed by atoms with van der Waals surface area (Å²) in [6, 6.07) is 2.05. The van der Waals surface area contributed by atoms with Crippen LogP contribution in [0.2, 0.25) is 0 Å². The summed E-state index contributed by atoms with van der Waals surface area (Å²) in [5, 5.41) is 3.21. The van der Waals surface area contributed by atoms with Crippen LogP contribution >= 0.6 is 0 Å². The van der Waals surface area contributed by atoms with Crippen molar-refractivity contribution < 1.29 is 8.42 Å². The average molecular weight is 314 g/mol. The predicted molar refractivity (Wildman–Crippen MR) is 83.6 cm³/mol. The van der Waals surface area contributed by atoms with E-state index in [4.69, 9.17) is 0 Å². The van der Waals surface area contributed by atoms with Crippen LogP contribution in [-0.4, -0.2) is 50.6 Å². The maximum absolute atomic E-state index is 12.4. The van der Waals surface area contributed by atoms with Crippen LogP contribution in [0.5, 0.6) is 0 Å². The topological polar surface area (TPSA) is 66.4 Å². The Morgan fingerprint density at radius 1 is 1.38 bits per heavy atom. The summed E-state index contributed by atoms with van der Waals surface area (Å²) in [5.41, 5.74) is 0.968. The van der Waals surface area contributed by atoms with Crippen molar-refractivity contribution in [2.45, 2.75) is 37.2 Å². The maximum Gasteiger partial charge on any atom is 0.242 e. The van der Waals surface area contributed by atoms with Crippen LogP contribution in [0.1, 0.15) is 25.5 Å². The second-order valence-corrected chi connectivity index (χ2v) is 7.45. The summed E-state index contributed by atoms with van der Waals surface area (Å²) >= 11 is 0. The molecular weight excluding hydrogens is 288 g/mol. The van der Waals surface area contributed by atoms with Crippen LogP contribution in [0, 0.1) is 0 Å². The van der Waals surface area contributed by atoms with Gasteiger partial charge in [0.2, 0.25) is 10.0 Å². The molecule has 0 saturated carbocycles. The van der Waals surface area contributed by atoms with Gasteiger partial charge >= 0.3 is 0 Å². The van der Waals surface area contributed by atoms with Gasteiger partial charge in [-0.05, 0) is 39.0 Å². The van der Waals surface area contributed by atoms with Gasteiger partial charge in [0.15, 0.2) is 0 Å². The minimum atomic E-state index is -3.42. The number of hydrogen-bond acceptors (Lipinski definition) is 4. The van der Waals surface area contributed by atoms with Crippen LogP contribution in [0.15, 0.2) is 17.2 Å². The lowest BCUT2D eigenvalue weighted by Crippen LogP contribution is -2.38. The number of rotatable bonds is 7. The smallest absolute Gasteiger partial charge is 0.242 e. The SMILES string of the molecule is CCNCc1cc(S(=O)(=O)NCC2CCCN2C)cn1C. The average Bonchev–Trinajstić information content (AvgIpc) is 3.01. The fraction of sp³-hybridized carbons (Fsp3) is 0.714. The van der Waals surface area contributed by atoms with Crippen LogP contribution in [0.3, 0.4) is 0 Å². The van der Waals surface area contributed by atoms with Crippen molar-refractivity contribution in [1.82, 2.24) is 19.5 Å². The third kappa shape index (κ3) is 4.06. The van der Waals surface area contributed by atoms with Gasteiger partial charge < -0.3 is 14.8 Å². The largest absolute Gasteiger partial charge is 0.352 e. The van der Waals surface area contributed by atoms with E-state index in [0.717, 1.165) is 31.6 Å². The van der Waals surface area contributed by atoms with E-state index in [0.29, 0.717) is 24.0 Å². The van der Waals surface area contributed by atoms with Gasteiger partial charge in [0.25, 0.3) is 0 Å². The Hall–Kier alpha value is -0.890. The number of hydrogen-bond donors (Lipinski definition) is 2. The minimum absolute atomic E-state index is 0.310. The van der Waals surface area contributed by atoms with E-state index in [1.54, 1.807) is 12.3 Å². The number of aromatic nitrogens is 1. The van der Waals surface area contributed by atoms with Gasteiger partial charge in [-0.15, -0.1) is 0 Å². The molecule has 2 heterocycles. The number of likely N-dealkylation sites (N-methyl/N-ethyl adjacent to an activating group) is 1. The van der Waals surface area contributed by atoms with Gasteiger partial charge in [-0.1, -0.05) is 6.92 Å². The van der Waals surface area contributed by atoms with Gasteiger partial charge in [-0.3, -0.25) is 0 Å². The van der Waals surface area contributed by atoms with E-state index >= 15 is 0 Å². The summed E-state index contributed by atoms with van der Waals surface area (Å²) in [6.07, 6.45) is 3.87. The molecule has 120 valence electrons. The van der Waals surface area contributed by atoms with E-state index < -0.39 is 10.0 Å². The first-order chi connectivity index (χ1) is 9.94. The molecule has 1 fully saturated rings. The van der Waals surface area contributed by atoms with Crippen molar-refractivity contribution in [2.75, 3.05) is 26.7 Å². The second-order valence-electron chi connectivity index (χ2n) is 5.69. The minimum Gasteiger partial charge on any atom is -0.352 e. The van der Waals surface area contributed by atoms with Crippen molar-refractivity contribution in [2.24, 2.45) is 7.05 Å². The standard InChI is InChI=1S/C14H26N4O2S/c1-4-15-9-13-8-14(11-18(13)3)21(19,20)16-10-12-6-5-7-17(12)2/h8,11-12,15-16H,4-7,9-10H2,1-3H3. The highest BCUT2D eigenvalue weighted by molar-refractivity contribution is 7.89. The highest BCUT2D eigenvalue weighted by Gasteiger charge is 2.24. The zero-order valence-corrected chi connectivity index (χ0v) is 13.9. The van der Waals surface area contributed by atoms with Crippen LogP contribution in [-0.2, 0) is 23.6 Å². The van der Waals surface area contributed by atoms with Gasteiger partial charge in [-0.2, -0.15) is 0 Å². The Morgan fingerprint density at radius 2 is 2.14 bits per heavy atom. The second kappa shape index (κ2) is 6.91. The number of nitrogens with one attached hydrogen (secondary N) is 2. The normalized spacial score (nSPS) is 20.2. The first kappa shape index (κ1) is 16.5. The summed E-state index contributed by atoms with van der Waals surface area (Å²) in [7, 11) is 0.493. The fourth-order valence-electron chi connectivity index (χ4n) is 2.68. The molecule has 2 N–H and O–H groups in total. The molecule has 1 unspecified atom stereocenters. The summed E-state index contributed by atoms with van der Waals surface area (Å²) < 4.78 is 29.3. The molecule has 1 aliphatic heterocycles. The Labute approximate surface area is 127 Å². The zero-order chi connectivity index (χ0) is 15.5. The van der Waals surface area contributed by atoms with E-state index in [1.807, 2.05) is 25.6 Å². The Kier molecular flexibility index (Phi) is 5.43. The highest BCUT2D eigenvalue weighted by atomic mass is 32.2. The quantitative estimate of drug-likeness (QED) is 0.769. The van der Waals surface area contributed by atoms with E-state index in [2.05, 4.69) is 14.9 Å². The number of nitrogens with zero attached hydrogens (tertiary/aromatic N) is 2. The van der Waals surface area contributed by atoms with Gasteiger partial charge in [0.1, 0.15) is 0 Å². The molecule has 1 aromatic heterocycles. The van der Waals surface area contributed by atoms with E-state index in [-0.39, 0.29) is 0 Å². The molecular formula is C14H26N4O2S. The Morgan fingerprint density at radius 3 is 2.76 bits per heavy atom. The Bertz CT molecular complexity index is 568. The van der Waals surface area contributed by atoms with Crippen molar-refractivity contribution in [3.8, 4) is 0 Å². The van der Waals surface area contributed by atoms with E-state index in [1.165, 1.54) is 0 Å². The molecule has 21 heavy (non-hydrogen) atoms. The highest BCUT2D eigenvalue weighted by Crippen LogP contribution is 2.16. The van der Waals surface area contributed by atoms with Crippen molar-refractivity contribution >= 4 is 10.0 Å². The number of likely N-dealkylation sites (tertiary alicyclic amines) is 1. The summed E-state index contributed by atoms with van der Waals surface area (Å²) in [5.74, 6) is 0. The van der Waals surface area contributed by atoms with Crippen molar-refractivity contribution in [3.05, 3.63) is 18.0 Å². The molecule has 1 aliphatic rings. The van der Waals surface area contributed by atoms with E-state index in [9.17, 15) is 8.42 Å². The number of sulfonamides is 1. The summed E-state index contributed by atoms with van der Waals surface area (Å²) in [4.78, 5) is 2.56. The molecule has 6 nitrogen and oxygen atoms in total. The molecule has 0 amide bonds. The molecule has 0 bridgehead atoms. The van der Waals surface area contributed by atoms with Crippen LogP contribution in [0.25, 0.3) is 0 Å². The number of aryl methyl sites for hydroxylation is 1. The van der Waals surface area contributed by atoms with Crippen LogP contribution in [0.4, 0.5) is 0 Å². The van der Waals surface area contributed by atoms with Crippen molar-refractivity contribution in [1.29, 1.82) is 0 Å². The van der Waals surface area contributed by atoms with Crippen molar-refractivity contribution in [3.63, 3.8) is 0 Å². The lowest BCUT2D eigenvalue weighted by atomic mass is 10.2. The zero-order valence-electron chi connectivity index (χ0n) is 13.1. The maximum atomic E-state index is 12.4. The summed E-state index contributed by atoms with van der Waals surface area (Å²) in [6.45, 7) is 5.09. The van der Waals surface area contributed by atoms with Gasteiger partial charge in [0, 0.05) is 38.1 Å². The first-order valence-corrected chi connectivity index (χ1v) is 8.98. The third-order valence-electron chi connectivity index (χ3n) is 4.13. The molecule has 0 radical (unpaired) electrons. The lowest BCUT2D eigenvalue weighted by Gasteiger charge is -2.19. The molecule has 0 aliphatic carbocycles. The fourth-order valence-corrected chi connectivity index (χ4v) is 3.85. The predicted octanol–water partition coefficient (Wildman–Crippen LogP) is 0.507. The van der Waals surface area contributed by atoms with Gasteiger partial charge in [-0.25, -0.2) is 13.1 Å². The Balaban J connectivity index is 2.01. The molecule has 0 spiro atoms. The molecule has 1 saturated heterocycles. The van der Waals surface area contributed by atoms with Crippen LogP contribution < -0.4 is 10.0 Å². The first-order valence-electron chi connectivity index (χ1n) is 7.50. The molecule has 2 rings (SSSR count). The molecule has 1 aromatic rings. The molecule has 1 atom stereocenters. The molecule has 0 aromatic carbocycles. The third-order valence-corrected chi connectivity index (χ3v) is 5.52. The monoisotopic (exact) mass is 314 g/mol. The van der Waals surface area contributed by atoms with Gasteiger partial charge in [0.05, 0.1) is 4.90 Å².